The van der Waals surface area contributed by atoms with Crippen LogP contribution in [0.4, 0.5) is 0 Å². The van der Waals surface area contributed by atoms with Gasteiger partial charge in [0.2, 0.25) is 5.91 Å². The molecule has 3 nitrogen and oxygen atoms in total. The van der Waals surface area contributed by atoms with Crippen LogP contribution in [0.25, 0.3) is 0 Å². The molecule has 0 radical (unpaired) electrons. The van der Waals surface area contributed by atoms with Crippen LogP contribution in [0.1, 0.15) is 47.0 Å². The molecule has 3 heteroatoms. The lowest BCUT2D eigenvalue weighted by Crippen LogP contribution is -2.34. The first kappa shape index (κ1) is 15.4. The van der Waals surface area contributed by atoms with Crippen molar-refractivity contribution in [2.45, 2.75) is 47.0 Å². The van der Waals surface area contributed by atoms with Gasteiger partial charge < -0.3 is 9.80 Å². The molecule has 0 atom stereocenters. The van der Waals surface area contributed by atoms with Crippen LogP contribution < -0.4 is 0 Å². The molecule has 0 N–H and O–H groups in total. The summed E-state index contributed by atoms with van der Waals surface area (Å²) in [5.41, 5.74) is 0. The van der Waals surface area contributed by atoms with E-state index in [1.54, 1.807) is 0 Å². The molecular weight excluding hydrogens is 200 g/mol. The van der Waals surface area contributed by atoms with Gasteiger partial charge in [-0.2, -0.15) is 0 Å². The molecule has 0 bridgehead atoms. The molecule has 0 aliphatic rings. The van der Waals surface area contributed by atoms with Crippen LogP contribution in [0.5, 0.6) is 0 Å². The molecule has 0 aliphatic carbocycles. The maximum absolute atomic E-state index is 11.7. The lowest BCUT2D eigenvalue weighted by atomic mass is 10.2. The van der Waals surface area contributed by atoms with Gasteiger partial charge in [0.1, 0.15) is 0 Å². The van der Waals surface area contributed by atoms with Crippen molar-refractivity contribution in [1.29, 1.82) is 0 Å². The van der Waals surface area contributed by atoms with Crippen LogP contribution >= 0.6 is 0 Å². The second kappa shape index (κ2) is 9.64. The molecule has 0 aromatic carbocycles. The largest absolute Gasteiger partial charge is 0.343 e. The summed E-state index contributed by atoms with van der Waals surface area (Å²) in [4.78, 5) is 16.1. The third kappa shape index (κ3) is 6.11. The van der Waals surface area contributed by atoms with Gasteiger partial charge in [-0.25, -0.2) is 0 Å². The van der Waals surface area contributed by atoms with E-state index >= 15 is 0 Å². The minimum atomic E-state index is 0.310. The van der Waals surface area contributed by atoms with E-state index in [0.717, 1.165) is 45.6 Å². The van der Waals surface area contributed by atoms with Crippen molar-refractivity contribution in [2.75, 3.05) is 32.7 Å². The summed E-state index contributed by atoms with van der Waals surface area (Å²) in [5.74, 6) is 0.310. The van der Waals surface area contributed by atoms with Gasteiger partial charge in [-0.1, -0.05) is 20.8 Å². The Morgan fingerprint density at radius 3 is 2.00 bits per heavy atom. The third-order valence-electron chi connectivity index (χ3n) is 3.00. The molecule has 0 rings (SSSR count). The van der Waals surface area contributed by atoms with Crippen LogP contribution in [0.15, 0.2) is 0 Å². The zero-order valence-electron chi connectivity index (χ0n) is 11.5. The number of hydrogen-bond acceptors (Lipinski definition) is 2. The highest BCUT2D eigenvalue weighted by Gasteiger charge is 2.10. The van der Waals surface area contributed by atoms with Crippen molar-refractivity contribution in [2.24, 2.45) is 0 Å². The lowest BCUT2D eigenvalue weighted by molar-refractivity contribution is -0.131. The molecule has 0 aromatic heterocycles. The molecule has 0 saturated carbocycles. The van der Waals surface area contributed by atoms with Crippen molar-refractivity contribution < 1.29 is 4.79 Å². The lowest BCUT2D eigenvalue weighted by Gasteiger charge is -2.23. The third-order valence-corrected chi connectivity index (χ3v) is 3.00. The topological polar surface area (TPSA) is 23.6 Å². The first-order valence-corrected chi connectivity index (χ1v) is 6.69. The second-order valence-corrected chi connectivity index (χ2v) is 4.10. The Bertz CT molecular complexity index is 179. The van der Waals surface area contributed by atoms with Crippen molar-refractivity contribution in [3.8, 4) is 0 Å². The average Bonchev–Trinajstić information content (AvgIpc) is 2.30. The summed E-state index contributed by atoms with van der Waals surface area (Å²) in [6, 6.07) is 0. The van der Waals surface area contributed by atoms with Gasteiger partial charge in [0.15, 0.2) is 0 Å². The van der Waals surface area contributed by atoms with E-state index in [4.69, 9.17) is 0 Å². The first-order chi connectivity index (χ1) is 7.69. The van der Waals surface area contributed by atoms with Crippen LogP contribution in [-0.2, 0) is 4.79 Å². The van der Waals surface area contributed by atoms with E-state index in [-0.39, 0.29) is 0 Å². The number of rotatable bonds is 9. The van der Waals surface area contributed by atoms with Gasteiger partial charge in [-0.15, -0.1) is 0 Å². The molecule has 16 heavy (non-hydrogen) atoms. The highest BCUT2D eigenvalue weighted by atomic mass is 16.2. The van der Waals surface area contributed by atoms with Gasteiger partial charge >= 0.3 is 0 Å². The molecule has 0 unspecified atom stereocenters. The molecule has 96 valence electrons. The Kier molecular flexibility index (Phi) is 9.30. The van der Waals surface area contributed by atoms with Gasteiger partial charge in [0.25, 0.3) is 0 Å². The molecular formula is C13H28N2O. The summed E-state index contributed by atoms with van der Waals surface area (Å²) in [5, 5.41) is 0. The van der Waals surface area contributed by atoms with Crippen LogP contribution in [0.3, 0.4) is 0 Å². The molecule has 1 amide bonds. The highest BCUT2D eigenvalue weighted by molar-refractivity contribution is 5.75. The first-order valence-electron chi connectivity index (χ1n) is 6.69. The minimum Gasteiger partial charge on any atom is -0.343 e. The van der Waals surface area contributed by atoms with Crippen molar-refractivity contribution in [3.05, 3.63) is 0 Å². The minimum absolute atomic E-state index is 0.310. The Labute approximate surface area is 101 Å². The summed E-state index contributed by atoms with van der Waals surface area (Å²) < 4.78 is 0. The van der Waals surface area contributed by atoms with Crippen molar-refractivity contribution in [3.63, 3.8) is 0 Å². The Morgan fingerprint density at radius 2 is 1.56 bits per heavy atom. The van der Waals surface area contributed by atoms with Crippen LogP contribution in [-0.4, -0.2) is 48.4 Å². The SMILES string of the molecule is CCCC(=O)N(CC)CCCN(CC)CC. The van der Waals surface area contributed by atoms with Crippen molar-refractivity contribution >= 4 is 5.91 Å². The fourth-order valence-corrected chi connectivity index (χ4v) is 1.86. The fraction of sp³-hybridized carbons (Fsp3) is 0.923. The fourth-order valence-electron chi connectivity index (χ4n) is 1.86. The number of nitrogens with zero attached hydrogens (tertiary/aromatic N) is 2. The van der Waals surface area contributed by atoms with Gasteiger partial charge in [-0.3, -0.25) is 4.79 Å². The van der Waals surface area contributed by atoms with Gasteiger partial charge in [0, 0.05) is 19.5 Å². The summed E-state index contributed by atoms with van der Waals surface area (Å²) in [6.45, 7) is 13.5. The Morgan fingerprint density at radius 1 is 0.938 bits per heavy atom. The van der Waals surface area contributed by atoms with Crippen LogP contribution in [0, 0.1) is 0 Å². The van der Waals surface area contributed by atoms with E-state index in [1.807, 2.05) is 4.90 Å². The molecule has 0 saturated heterocycles. The number of hydrogen-bond donors (Lipinski definition) is 0. The summed E-state index contributed by atoms with van der Waals surface area (Å²) in [7, 11) is 0. The Balaban J connectivity index is 3.82. The highest BCUT2D eigenvalue weighted by Crippen LogP contribution is 2.00. The predicted molar refractivity (Wildman–Crippen MR) is 69.6 cm³/mol. The van der Waals surface area contributed by atoms with E-state index in [0.29, 0.717) is 12.3 Å². The smallest absolute Gasteiger partial charge is 0.222 e. The quantitative estimate of drug-likeness (QED) is 0.605. The van der Waals surface area contributed by atoms with E-state index in [9.17, 15) is 4.79 Å². The van der Waals surface area contributed by atoms with E-state index in [1.165, 1.54) is 0 Å². The molecule has 0 aromatic rings. The average molecular weight is 228 g/mol. The normalized spacial score (nSPS) is 10.8. The number of carbonyl (C=O) groups is 1. The van der Waals surface area contributed by atoms with Crippen LogP contribution in [0.2, 0.25) is 0 Å². The molecule has 0 aliphatic heterocycles. The molecule has 0 fully saturated rings. The second-order valence-electron chi connectivity index (χ2n) is 4.10. The maximum atomic E-state index is 11.7. The van der Waals surface area contributed by atoms with Crippen molar-refractivity contribution in [1.82, 2.24) is 9.80 Å². The van der Waals surface area contributed by atoms with E-state index < -0.39 is 0 Å². The monoisotopic (exact) mass is 228 g/mol. The van der Waals surface area contributed by atoms with Gasteiger partial charge in [-0.05, 0) is 39.4 Å². The maximum Gasteiger partial charge on any atom is 0.222 e. The predicted octanol–water partition coefficient (Wildman–Crippen LogP) is 2.37. The Hall–Kier alpha value is -0.570. The zero-order chi connectivity index (χ0) is 12.4. The number of carbonyl (C=O) groups excluding carboxylic acids is 1. The van der Waals surface area contributed by atoms with Gasteiger partial charge in [0.05, 0.1) is 0 Å². The zero-order valence-corrected chi connectivity index (χ0v) is 11.5. The standard InChI is InChI=1S/C13H28N2O/c1-5-10-13(16)15(8-4)12-9-11-14(6-2)7-3/h5-12H2,1-4H3. The molecule has 0 spiro atoms. The summed E-state index contributed by atoms with van der Waals surface area (Å²) >= 11 is 0. The van der Waals surface area contributed by atoms with E-state index in [2.05, 4.69) is 32.6 Å². The summed E-state index contributed by atoms with van der Waals surface area (Å²) in [6.07, 6.45) is 2.73. The molecule has 0 heterocycles. The number of amides is 1.